The largest absolute Gasteiger partial charge is 0.468 e. The molecule has 3 nitrogen and oxygen atoms in total. The van der Waals surface area contributed by atoms with Crippen molar-refractivity contribution in [3.8, 4) is 0 Å². The van der Waals surface area contributed by atoms with Crippen molar-refractivity contribution in [3.63, 3.8) is 0 Å². The van der Waals surface area contributed by atoms with E-state index in [0.29, 0.717) is 0 Å². The Bertz CT molecular complexity index is 348. The Morgan fingerprint density at radius 3 is 3.11 bits per heavy atom. The highest BCUT2D eigenvalue weighted by Crippen LogP contribution is 2.23. The van der Waals surface area contributed by atoms with Crippen LogP contribution in [-0.2, 0) is 13.1 Å². The molecule has 1 atom stereocenters. The summed E-state index contributed by atoms with van der Waals surface area (Å²) in [6.07, 6.45) is 5.89. The van der Waals surface area contributed by atoms with Crippen molar-refractivity contribution < 1.29 is 4.42 Å². The maximum Gasteiger partial charge on any atom is 0.122 e. The zero-order valence-corrected chi connectivity index (χ0v) is 11.7. The molecule has 0 amide bonds. The van der Waals surface area contributed by atoms with Crippen LogP contribution in [0, 0.1) is 5.92 Å². The first-order valence-corrected chi connectivity index (χ1v) is 7.31. The lowest BCUT2D eigenvalue weighted by Crippen LogP contribution is -2.21. The van der Waals surface area contributed by atoms with E-state index in [-0.39, 0.29) is 0 Å². The molecule has 1 fully saturated rings. The summed E-state index contributed by atoms with van der Waals surface area (Å²) in [6, 6.07) is 2.12. The molecule has 1 aromatic rings. The van der Waals surface area contributed by atoms with Crippen molar-refractivity contribution in [2.45, 2.75) is 46.2 Å². The number of likely N-dealkylation sites (tertiary alicyclic amines) is 1. The first kappa shape index (κ1) is 13.6. The van der Waals surface area contributed by atoms with Gasteiger partial charge in [-0.1, -0.05) is 20.3 Å². The summed E-state index contributed by atoms with van der Waals surface area (Å²) in [7, 11) is 0. The first-order valence-electron chi connectivity index (χ1n) is 7.31. The van der Waals surface area contributed by atoms with E-state index in [1.54, 1.807) is 0 Å². The molecule has 0 saturated carbocycles. The van der Waals surface area contributed by atoms with Gasteiger partial charge in [0.2, 0.25) is 0 Å². The molecule has 1 aliphatic rings. The van der Waals surface area contributed by atoms with Crippen molar-refractivity contribution in [1.29, 1.82) is 0 Å². The summed E-state index contributed by atoms with van der Waals surface area (Å²) in [6.45, 7) is 9.81. The van der Waals surface area contributed by atoms with Crippen LogP contribution in [0.5, 0.6) is 0 Å². The fourth-order valence-corrected chi connectivity index (χ4v) is 2.84. The third-order valence-electron chi connectivity index (χ3n) is 3.83. The lowest BCUT2D eigenvalue weighted by molar-refractivity contribution is 0.309. The maximum atomic E-state index is 5.56. The first-order chi connectivity index (χ1) is 8.83. The minimum Gasteiger partial charge on any atom is -0.468 e. The summed E-state index contributed by atoms with van der Waals surface area (Å²) in [4.78, 5) is 2.57. The topological polar surface area (TPSA) is 28.4 Å². The molecular weight excluding hydrogens is 224 g/mol. The van der Waals surface area contributed by atoms with Crippen LogP contribution >= 0.6 is 0 Å². The molecule has 2 heterocycles. The Labute approximate surface area is 111 Å². The quantitative estimate of drug-likeness (QED) is 0.806. The number of hydrogen-bond acceptors (Lipinski definition) is 3. The van der Waals surface area contributed by atoms with Crippen molar-refractivity contribution in [3.05, 3.63) is 23.7 Å². The van der Waals surface area contributed by atoms with Crippen LogP contribution in [-0.4, -0.2) is 24.5 Å². The minimum atomic E-state index is 0.852. The Balaban J connectivity index is 1.84. The number of hydrogen-bond donors (Lipinski definition) is 1. The second-order valence-electron chi connectivity index (χ2n) is 5.33. The van der Waals surface area contributed by atoms with Gasteiger partial charge in [-0.3, -0.25) is 4.90 Å². The molecule has 1 unspecified atom stereocenters. The SMILES string of the molecule is CCCC1CCN(Cc2ccoc2CNCC)C1. The Morgan fingerprint density at radius 1 is 1.44 bits per heavy atom. The van der Waals surface area contributed by atoms with Crippen LogP contribution in [0.3, 0.4) is 0 Å². The smallest absolute Gasteiger partial charge is 0.122 e. The molecular formula is C15H26N2O. The van der Waals surface area contributed by atoms with Crippen molar-refractivity contribution >= 4 is 0 Å². The van der Waals surface area contributed by atoms with Gasteiger partial charge in [-0.15, -0.1) is 0 Å². The van der Waals surface area contributed by atoms with Crippen LogP contribution in [0.1, 0.15) is 44.4 Å². The summed E-state index contributed by atoms with van der Waals surface area (Å²) in [5.41, 5.74) is 1.35. The molecule has 0 aromatic carbocycles. The molecule has 1 N–H and O–H groups in total. The lowest BCUT2D eigenvalue weighted by Gasteiger charge is -2.15. The van der Waals surface area contributed by atoms with Gasteiger partial charge in [-0.05, 0) is 37.9 Å². The highest BCUT2D eigenvalue weighted by Gasteiger charge is 2.22. The summed E-state index contributed by atoms with van der Waals surface area (Å²) < 4.78 is 5.56. The third kappa shape index (κ3) is 3.59. The number of furan rings is 1. The zero-order valence-electron chi connectivity index (χ0n) is 11.7. The molecule has 18 heavy (non-hydrogen) atoms. The van der Waals surface area contributed by atoms with Crippen LogP contribution in [0.4, 0.5) is 0 Å². The van der Waals surface area contributed by atoms with E-state index < -0.39 is 0 Å². The molecule has 0 bridgehead atoms. The van der Waals surface area contributed by atoms with Gasteiger partial charge >= 0.3 is 0 Å². The van der Waals surface area contributed by atoms with Crippen molar-refractivity contribution in [2.75, 3.05) is 19.6 Å². The molecule has 0 spiro atoms. The monoisotopic (exact) mass is 250 g/mol. The third-order valence-corrected chi connectivity index (χ3v) is 3.83. The van der Waals surface area contributed by atoms with Gasteiger partial charge < -0.3 is 9.73 Å². The van der Waals surface area contributed by atoms with Crippen LogP contribution in [0.2, 0.25) is 0 Å². The van der Waals surface area contributed by atoms with Gasteiger partial charge in [0.15, 0.2) is 0 Å². The Kier molecular flexibility index (Phi) is 5.26. The molecule has 2 rings (SSSR count). The number of rotatable bonds is 7. The summed E-state index contributed by atoms with van der Waals surface area (Å²) in [5, 5.41) is 3.33. The van der Waals surface area contributed by atoms with Gasteiger partial charge in [0.1, 0.15) is 5.76 Å². The lowest BCUT2D eigenvalue weighted by atomic mass is 10.0. The van der Waals surface area contributed by atoms with Gasteiger partial charge in [-0.25, -0.2) is 0 Å². The van der Waals surface area contributed by atoms with E-state index in [1.165, 1.54) is 37.9 Å². The zero-order chi connectivity index (χ0) is 12.8. The van der Waals surface area contributed by atoms with Gasteiger partial charge in [0.25, 0.3) is 0 Å². The second-order valence-corrected chi connectivity index (χ2v) is 5.33. The fraction of sp³-hybridized carbons (Fsp3) is 0.733. The molecule has 0 radical (unpaired) electrons. The van der Waals surface area contributed by atoms with Gasteiger partial charge in [0.05, 0.1) is 12.8 Å². The average molecular weight is 250 g/mol. The van der Waals surface area contributed by atoms with E-state index in [1.807, 2.05) is 6.26 Å². The van der Waals surface area contributed by atoms with Crippen LogP contribution in [0.15, 0.2) is 16.7 Å². The molecule has 0 aliphatic carbocycles. The highest BCUT2D eigenvalue weighted by molar-refractivity contribution is 5.17. The average Bonchev–Trinajstić information content (AvgIpc) is 2.98. The van der Waals surface area contributed by atoms with Crippen molar-refractivity contribution in [1.82, 2.24) is 10.2 Å². The van der Waals surface area contributed by atoms with Crippen molar-refractivity contribution in [2.24, 2.45) is 5.92 Å². The van der Waals surface area contributed by atoms with E-state index in [0.717, 1.165) is 31.3 Å². The van der Waals surface area contributed by atoms with Crippen LogP contribution in [0.25, 0.3) is 0 Å². The molecule has 1 saturated heterocycles. The standard InChI is InChI=1S/C15H26N2O/c1-3-5-13-6-8-17(11-13)12-14-7-9-18-15(14)10-16-4-2/h7,9,13,16H,3-6,8,10-12H2,1-2H3. The second kappa shape index (κ2) is 6.95. The van der Waals surface area contributed by atoms with Gasteiger partial charge in [0, 0.05) is 18.7 Å². The molecule has 3 heteroatoms. The molecule has 102 valence electrons. The number of nitrogens with zero attached hydrogens (tertiary/aromatic N) is 1. The van der Waals surface area contributed by atoms with E-state index in [9.17, 15) is 0 Å². The normalized spacial score (nSPS) is 20.7. The maximum absolute atomic E-state index is 5.56. The van der Waals surface area contributed by atoms with Crippen LogP contribution < -0.4 is 5.32 Å². The number of nitrogens with one attached hydrogen (secondary N) is 1. The predicted octanol–water partition coefficient (Wildman–Crippen LogP) is 3.01. The highest BCUT2D eigenvalue weighted by atomic mass is 16.3. The molecule has 1 aromatic heterocycles. The Hall–Kier alpha value is -0.800. The van der Waals surface area contributed by atoms with E-state index in [2.05, 4.69) is 30.1 Å². The molecule has 1 aliphatic heterocycles. The van der Waals surface area contributed by atoms with Gasteiger partial charge in [-0.2, -0.15) is 0 Å². The van der Waals surface area contributed by atoms with E-state index >= 15 is 0 Å². The Morgan fingerprint density at radius 2 is 2.33 bits per heavy atom. The van der Waals surface area contributed by atoms with E-state index in [4.69, 9.17) is 4.42 Å². The minimum absolute atomic E-state index is 0.852. The summed E-state index contributed by atoms with van der Waals surface area (Å²) >= 11 is 0. The fourth-order valence-electron chi connectivity index (χ4n) is 2.84. The summed E-state index contributed by atoms with van der Waals surface area (Å²) in [5.74, 6) is 2.02. The predicted molar refractivity (Wildman–Crippen MR) is 74.4 cm³/mol.